The molecule has 3 aromatic rings. The van der Waals surface area contributed by atoms with Crippen LogP contribution in [0.25, 0.3) is 23.5 Å². The van der Waals surface area contributed by atoms with Crippen molar-refractivity contribution in [3.63, 3.8) is 0 Å². The molecule has 7 heteroatoms. The highest BCUT2D eigenvalue weighted by Crippen LogP contribution is 2.20. The molecule has 0 fully saturated rings. The lowest BCUT2D eigenvalue weighted by Crippen LogP contribution is -1.85. The van der Waals surface area contributed by atoms with Gasteiger partial charge in [-0.15, -0.1) is 10.2 Å². The highest BCUT2D eigenvalue weighted by molar-refractivity contribution is 5.63. The van der Waals surface area contributed by atoms with E-state index < -0.39 is 0 Å². The Hall–Kier alpha value is -2.96. The summed E-state index contributed by atoms with van der Waals surface area (Å²) in [5.41, 5.74) is 0.842. The monoisotopic (exact) mass is 312 g/mol. The Morgan fingerprint density at radius 1 is 1.04 bits per heavy atom. The molecule has 0 spiro atoms. The van der Waals surface area contributed by atoms with Gasteiger partial charge in [-0.05, 0) is 24.3 Å². The number of hydrogen-bond acceptors (Lipinski definition) is 7. The van der Waals surface area contributed by atoms with E-state index in [1.165, 1.54) is 0 Å². The van der Waals surface area contributed by atoms with Crippen molar-refractivity contribution in [2.24, 2.45) is 0 Å². The Labute approximate surface area is 133 Å². The SMILES string of the molecule is COc1ccc(-c2noc(/C=C/c3nnc(C(C)C)o3)n2)cc1. The van der Waals surface area contributed by atoms with Crippen LogP contribution < -0.4 is 4.74 Å². The average molecular weight is 312 g/mol. The van der Waals surface area contributed by atoms with Crippen molar-refractivity contribution in [1.29, 1.82) is 0 Å². The van der Waals surface area contributed by atoms with Gasteiger partial charge in [-0.2, -0.15) is 4.98 Å². The number of ether oxygens (including phenoxy) is 1. The third-order valence-electron chi connectivity index (χ3n) is 3.11. The lowest BCUT2D eigenvalue weighted by molar-refractivity contribution is 0.410. The van der Waals surface area contributed by atoms with Crippen LogP contribution in [0.3, 0.4) is 0 Å². The van der Waals surface area contributed by atoms with Gasteiger partial charge in [-0.1, -0.05) is 19.0 Å². The van der Waals surface area contributed by atoms with E-state index in [-0.39, 0.29) is 5.92 Å². The van der Waals surface area contributed by atoms with Crippen LogP contribution in [0.1, 0.15) is 37.4 Å². The Morgan fingerprint density at radius 3 is 2.43 bits per heavy atom. The first-order valence-corrected chi connectivity index (χ1v) is 7.15. The Bertz CT molecular complexity index is 803. The van der Waals surface area contributed by atoms with Crippen molar-refractivity contribution in [1.82, 2.24) is 20.3 Å². The van der Waals surface area contributed by atoms with Gasteiger partial charge in [0, 0.05) is 23.6 Å². The number of benzene rings is 1. The summed E-state index contributed by atoms with van der Waals surface area (Å²) in [6.07, 6.45) is 3.28. The van der Waals surface area contributed by atoms with Crippen molar-refractivity contribution in [3.8, 4) is 17.1 Å². The molecule has 0 unspecified atom stereocenters. The second-order valence-corrected chi connectivity index (χ2v) is 5.15. The van der Waals surface area contributed by atoms with Crippen molar-refractivity contribution >= 4 is 12.2 Å². The third-order valence-corrected chi connectivity index (χ3v) is 3.11. The number of methoxy groups -OCH3 is 1. The molecule has 7 nitrogen and oxygen atoms in total. The highest BCUT2D eigenvalue weighted by Gasteiger charge is 2.09. The lowest BCUT2D eigenvalue weighted by atomic mass is 10.2. The number of nitrogens with zero attached hydrogens (tertiary/aromatic N) is 4. The van der Waals surface area contributed by atoms with E-state index in [0.29, 0.717) is 23.5 Å². The maximum Gasteiger partial charge on any atom is 0.251 e. The standard InChI is InChI=1S/C16H16N4O3/c1-10(2)16-19-18-14(22-16)9-8-13-17-15(20-23-13)11-4-6-12(21-3)7-5-11/h4-10H,1-3H3/b9-8+. The largest absolute Gasteiger partial charge is 0.497 e. The first-order chi connectivity index (χ1) is 11.2. The van der Waals surface area contributed by atoms with Crippen LogP contribution in [-0.4, -0.2) is 27.4 Å². The Kier molecular flexibility index (Phi) is 4.18. The molecule has 0 aliphatic carbocycles. The zero-order valence-electron chi connectivity index (χ0n) is 13.1. The van der Waals surface area contributed by atoms with E-state index in [4.69, 9.17) is 13.7 Å². The van der Waals surface area contributed by atoms with Crippen molar-refractivity contribution in [2.75, 3.05) is 7.11 Å². The smallest absolute Gasteiger partial charge is 0.251 e. The maximum atomic E-state index is 5.47. The van der Waals surface area contributed by atoms with Crippen LogP contribution in [0.2, 0.25) is 0 Å². The normalized spacial score (nSPS) is 11.5. The average Bonchev–Trinajstić information content (AvgIpc) is 3.22. The van der Waals surface area contributed by atoms with E-state index in [9.17, 15) is 0 Å². The van der Waals surface area contributed by atoms with Crippen LogP contribution in [0.4, 0.5) is 0 Å². The Balaban J connectivity index is 1.74. The van der Waals surface area contributed by atoms with E-state index in [1.54, 1.807) is 19.3 Å². The maximum absolute atomic E-state index is 5.47. The molecule has 0 atom stereocenters. The summed E-state index contributed by atoms with van der Waals surface area (Å²) in [6, 6.07) is 7.41. The van der Waals surface area contributed by atoms with Gasteiger partial charge in [-0.3, -0.25) is 0 Å². The molecule has 1 aromatic carbocycles. The molecule has 2 heterocycles. The fourth-order valence-electron chi connectivity index (χ4n) is 1.85. The predicted molar refractivity (Wildman–Crippen MR) is 83.6 cm³/mol. The fraction of sp³-hybridized carbons (Fsp3) is 0.250. The summed E-state index contributed by atoms with van der Waals surface area (Å²) in [6.45, 7) is 3.97. The van der Waals surface area contributed by atoms with E-state index >= 15 is 0 Å². The fourth-order valence-corrected chi connectivity index (χ4v) is 1.85. The molecule has 0 bridgehead atoms. The number of rotatable bonds is 5. The topological polar surface area (TPSA) is 87.1 Å². The molecular formula is C16H16N4O3. The van der Waals surface area contributed by atoms with Crippen LogP contribution in [0.5, 0.6) is 5.75 Å². The molecule has 0 N–H and O–H groups in total. The van der Waals surface area contributed by atoms with Gasteiger partial charge >= 0.3 is 0 Å². The summed E-state index contributed by atoms with van der Waals surface area (Å²) >= 11 is 0. The van der Waals surface area contributed by atoms with Gasteiger partial charge in [0.25, 0.3) is 5.89 Å². The van der Waals surface area contributed by atoms with Crippen molar-refractivity contribution < 1.29 is 13.7 Å². The van der Waals surface area contributed by atoms with Crippen molar-refractivity contribution in [2.45, 2.75) is 19.8 Å². The van der Waals surface area contributed by atoms with Crippen LogP contribution in [0, 0.1) is 0 Å². The number of aromatic nitrogens is 4. The minimum atomic E-state index is 0.190. The molecule has 118 valence electrons. The summed E-state index contributed by atoms with van der Waals surface area (Å²) in [7, 11) is 1.62. The van der Waals surface area contributed by atoms with Gasteiger partial charge < -0.3 is 13.7 Å². The first kappa shape index (κ1) is 15.0. The van der Waals surface area contributed by atoms with E-state index in [0.717, 1.165) is 11.3 Å². The molecule has 23 heavy (non-hydrogen) atoms. The molecule has 0 aliphatic heterocycles. The minimum Gasteiger partial charge on any atom is -0.497 e. The van der Waals surface area contributed by atoms with Gasteiger partial charge in [0.05, 0.1) is 7.11 Å². The molecule has 3 rings (SSSR count). The third kappa shape index (κ3) is 3.45. The molecular weight excluding hydrogens is 296 g/mol. The van der Waals surface area contributed by atoms with Crippen molar-refractivity contribution in [3.05, 3.63) is 41.9 Å². The predicted octanol–water partition coefficient (Wildman–Crippen LogP) is 3.42. The zero-order chi connectivity index (χ0) is 16.2. The summed E-state index contributed by atoms with van der Waals surface area (Å²) in [4.78, 5) is 4.30. The van der Waals surface area contributed by atoms with Gasteiger partial charge in [0.2, 0.25) is 17.6 Å². The van der Waals surface area contributed by atoms with Gasteiger partial charge in [-0.25, -0.2) is 0 Å². The molecule has 0 saturated heterocycles. The highest BCUT2D eigenvalue weighted by atomic mass is 16.5. The molecule has 0 saturated carbocycles. The summed E-state index contributed by atoms with van der Waals surface area (Å²) < 4.78 is 15.8. The van der Waals surface area contributed by atoms with Crippen LogP contribution >= 0.6 is 0 Å². The van der Waals surface area contributed by atoms with Crippen LogP contribution in [0.15, 0.2) is 33.2 Å². The quantitative estimate of drug-likeness (QED) is 0.713. The number of hydrogen-bond donors (Lipinski definition) is 0. The lowest BCUT2D eigenvalue weighted by Gasteiger charge is -1.98. The second-order valence-electron chi connectivity index (χ2n) is 5.15. The van der Waals surface area contributed by atoms with E-state index in [1.807, 2.05) is 38.1 Å². The summed E-state index contributed by atoms with van der Waals surface area (Å²) in [5, 5.41) is 11.8. The molecule has 2 aromatic heterocycles. The minimum absolute atomic E-state index is 0.190. The summed E-state index contributed by atoms with van der Waals surface area (Å²) in [5.74, 6) is 2.82. The molecule has 0 aliphatic rings. The molecule has 0 radical (unpaired) electrons. The van der Waals surface area contributed by atoms with E-state index in [2.05, 4.69) is 20.3 Å². The first-order valence-electron chi connectivity index (χ1n) is 7.15. The second kappa shape index (κ2) is 6.43. The van der Waals surface area contributed by atoms with Crippen LogP contribution in [-0.2, 0) is 0 Å². The Morgan fingerprint density at radius 2 is 1.78 bits per heavy atom. The van der Waals surface area contributed by atoms with Gasteiger partial charge in [0.15, 0.2) is 0 Å². The zero-order valence-corrected chi connectivity index (χ0v) is 13.1. The molecule has 0 amide bonds. The van der Waals surface area contributed by atoms with Gasteiger partial charge in [0.1, 0.15) is 5.75 Å².